The summed E-state index contributed by atoms with van der Waals surface area (Å²) in [6, 6.07) is 19.2. The summed E-state index contributed by atoms with van der Waals surface area (Å²) >= 11 is 0. The fraction of sp³-hybridized carbons (Fsp3) is 0.294. The van der Waals surface area contributed by atoms with Gasteiger partial charge in [-0.25, -0.2) is 0 Å². The highest BCUT2D eigenvalue weighted by molar-refractivity contribution is 5.66. The van der Waals surface area contributed by atoms with Gasteiger partial charge in [-0.05, 0) is 30.7 Å². The zero-order chi connectivity index (χ0) is 13.1. The van der Waals surface area contributed by atoms with Crippen molar-refractivity contribution >= 4 is 11.4 Å². The van der Waals surface area contributed by atoms with E-state index in [0.717, 1.165) is 19.6 Å². The van der Waals surface area contributed by atoms with E-state index in [1.165, 1.54) is 16.9 Å². The molecule has 2 aromatic rings. The van der Waals surface area contributed by atoms with Crippen molar-refractivity contribution in [1.82, 2.24) is 0 Å². The van der Waals surface area contributed by atoms with Crippen LogP contribution in [0.15, 0.2) is 54.6 Å². The van der Waals surface area contributed by atoms with Crippen LogP contribution in [-0.4, -0.2) is 19.3 Å². The van der Waals surface area contributed by atoms with Crippen LogP contribution in [0, 0.1) is 0 Å². The van der Waals surface area contributed by atoms with Gasteiger partial charge in [0, 0.05) is 24.3 Å². The predicted octanol–water partition coefficient (Wildman–Crippen LogP) is 3.79. The minimum absolute atomic E-state index is 0.291. The number of hydrogen-bond donors (Lipinski definition) is 0. The molecule has 2 heteroatoms. The van der Waals surface area contributed by atoms with Gasteiger partial charge in [-0.2, -0.15) is 0 Å². The number of nitrogens with zero attached hydrogens (tertiary/aromatic N) is 1. The Hall–Kier alpha value is -1.80. The molecule has 1 unspecified atom stereocenters. The molecule has 0 bridgehead atoms. The van der Waals surface area contributed by atoms with Crippen molar-refractivity contribution in [2.45, 2.75) is 19.4 Å². The molecule has 0 N–H and O–H groups in total. The van der Waals surface area contributed by atoms with Crippen LogP contribution in [0.1, 0.15) is 12.5 Å². The third-order valence-electron chi connectivity index (χ3n) is 3.57. The maximum Gasteiger partial charge on any atom is 0.0649 e. The first kappa shape index (κ1) is 12.2. The Balaban J connectivity index is 2.03. The first-order chi connectivity index (χ1) is 9.34. The fourth-order valence-electron chi connectivity index (χ4n) is 2.66. The van der Waals surface area contributed by atoms with Gasteiger partial charge in [-0.15, -0.1) is 0 Å². The molecule has 98 valence electrons. The van der Waals surface area contributed by atoms with Crippen molar-refractivity contribution < 1.29 is 4.74 Å². The molecule has 0 spiro atoms. The standard InChI is InChI=1S/C17H19NO/c1-14-13-15-7-5-6-10-17(15)18(11-12-19-14)16-8-3-2-4-9-16/h2-10,14H,11-13H2,1H3. The van der Waals surface area contributed by atoms with Gasteiger partial charge >= 0.3 is 0 Å². The van der Waals surface area contributed by atoms with Gasteiger partial charge < -0.3 is 9.64 Å². The molecule has 0 aliphatic carbocycles. The minimum atomic E-state index is 0.291. The van der Waals surface area contributed by atoms with E-state index >= 15 is 0 Å². The van der Waals surface area contributed by atoms with E-state index in [2.05, 4.69) is 66.4 Å². The maximum absolute atomic E-state index is 5.85. The average Bonchev–Trinajstić information content (AvgIpc) is 2.43. The summed E-state index contributed by atoms with van der Waals surface area (Å²) in [4.78, 5) is 2.35. The third-order valence-corrected chi connectivity index (χ3v) is 3.57. The van der Waals surface area contributed by atoms with Crippen LogP contribution >= 0.6 is 0 Å². The Bertz CT molecular complexity index is 538. The number of hydrogen-bond acceptors (Lipinski definition) is 2. The lowest BCUT2D eigenvalue weighted by molar-refractivity contribution is 0.0703. The zero-order valence-electron chi connectivity index (χ0n) is 11.3. The summed E-state index contributed by atoms with van der Waals surface area (Å²) < 4.78 is 5.85. The van der Waals surface area contributed by atoms with Gasteiger partial charge in [0.25, 0.3) is 0 Å². The number of fused-ring (bicyclic) bond motifs is 1. The molecule has 2 aromatic carbocycles. The van der Waals surface area contributed by atoms with Crippen LogP contribution in [0.3, 0.4) is 0 Å². The van der Waals surface area contributed by atoms with Crippen molar-refractivity contribution in [1.29, 1.82) is 0 Å². The SMILES string of the molecule is CC1Cc2ccccc2N(c2ccccc2)CCO1. The quantitative estimate of drug-likeness (QED) is 0.766. The van der Waals surface area contributed by atoms with Gasteiger partial charge in [0.2, 0.25) is 0 Å². The highest BCUT2D eigenvalue weighted by Crippen LogP contribution is 2.30. The van der Waals surface area contributed by atoms with E-state index in [9.17, 15) is 0 Å². The van der Waals surface area contributed by atoms with Crippen LogP contribution in [0.25, 0.3) is 0 Å². The summed E-state index contributed by atoms with van der Waals surface area (Å²) in [5, 5.41) is 0. The largest absolute Gasteiger partial charge is 0.376 e. The van der Waals surface area contributed by atoms with E-state index in [4.69, 9.17) is 4.74 Å². The lowest BCUT2D eigenvalue weighted by Crippen LogP contribution is -2.29. The Morgan fingerprint density at radius 3 is 2.58 bits per heavy atom. The smallest absolute Gasteiger partial charge is 0.0649 e. The number of para-hydroxylation sites is 2. The molecule has 1 atom stereocenters. The monoisotopic (exact) mass is 253 g/mol. The average molecular weight is 253 g/mol. The molecule has 2 nitrogen and oxygen atoms in total. The minimum Gasteiger partial charge on any atom is -0.376 e. The van der Waals surface area contributed by atoms with Crippen LogP contribution < -0.4 is 4.90 Å². The maximum atomic E-state index is 5.85. The van der Waals surface area contributed by atoms with Crippen molar-refractivity contribution in [3.63, 3.8) is 0 Å². The Kier molecular flexibility index (Phi) is 3.51. The number of ether oxygens (including phenoxy) is 1. The molecular formula is C17H19NO. The van der Waals surface area contributed by atoms with Gasteiger partial charge in [0.05, 0.1) is 12.7 Å². The highest BCUT2D eigenvalue weighted by Gasteiger charge is 2.18. The van der Waals surface area contributed by atoms with Gasteiger partial charge in [0.15, 0.2) is 0 Å². The summed E-state index contributed by atoms with van der Waals surface area (Å²) in [6.45, 7) is 3.81. The van der Waals surface area contributed by atoms with E-state index < -0.39 is 0 Å². The molecule has 0 radical (unpaired) electrons. The Morgan fingerprint density at radius 2 is 1.74 bits per heavy atom. The molecule has 1 heterocycles. The van der Waals surface area contributed by atoms with E-state index in [0.29, 0.717) is 6.10 Å². The lowest BCUT2D eigenvalue weighted by atomic mass is 10.0. The number of benzene rings is 2. The van der Waals surface area contributed by atoms with Gasteiger partial charge in [-0.1, -0.05) is 36.4 Å². The molecular weight excluding hydrogens is 234 g/mol. The van der Waals surface area contributed by atoms with Crippen molar-refractivity contribution in [2.24, 2.45) is 0 Å². The summed E-state index contributed by atoms with van der Waals surface area (Å²) in [5.41, 5.74) is 3.90. The third kappa shape index (κ3) is 2.64. The molecule has 3 rings (SSSR count). The summed E-state index contributed by atoms with van der Waals surface area (Å²) in [5.74, 6) is 0. The van der Waals surface area contributed by atoms with Gasteiger partial charge in [0.1, 0.15) is 0 Å². The van der Waals surface area contributed by atoms with Crippen LogP contribution in [0.2, 0.25) is 0 Å². The molecule has 0 amide bonds. The summed E-state index contributed by atoms with van der Waals surface area (Å²) in [6.07, 6.45) is 1.26. The second kappa shape index (κ2) is 5.45. The molecule has 1 aliphatic heterocycles. The molecule has 1 aliphatic rings. The first-order valence-corrected chi connectivity index (χ1v) is 6.87. The fourth-order valence-corrected chi connectivity index (χ4v) is 2.66. The van der Waals surface area contributed by atoms with E-state index in [-0.39, 0.29) is 0 Å². The normalized spacial score (nSPS) is 19.4. The van der Waals surface area contributed by atoms with Crippen LogP contribution in [0.5, 0.6) is 0 Å². The molecule has 19 heavy (non-hydrogen) atoms. The second-order valence-electron chi connectivity index (χ2n) is 5.00. The number of rotatable bonds is 1. The first-order valence-electron chi connectivity index (χ1n) is 6.87. The van der Waals surface area contributed by atoms with Crippen molar-refractivity contribution in [3.8, 4) is 0 Å². The second-order valence-corrected chi connectivity index (χ2v) is 5.00. The Labute approximate surface area is 114 Å². The zero-order valence-corrected chi connectivity index (χ0v) is 11.3. The van der Waals surface area contributed by atoms with Crippen molar-refractivity contribution in [2.75, 3.05) is 18.1 Å². The summed E-state index contributed by atoms with van der Waals surface area (Å²) in [7, 11) is 0. The Morgan fingerprint density at radius 1 is 1.00 bits per heavy atom. The van der Waals surface area contributed by atoms with E-state index in [1.54, 1.807) is 0 Å². The van der Waals surface area contributed by atoms with Crippen LogP contribution in [0.4, 0.5) is 11.4 Å². The molecule has 0 saturated heterocycles. The number of anilines is 2. The van der Waals surface area contributed by atoms with E-state index in [1.807, 2.05) is 0 Å². The molecule has 0 fully saturated rings. The molecule has 0 saturated carbocycles. The topological polar surface area (TPSA) is 12.5 Å². The molecule has 0 aromatic heterocycles. The highest BCUT2D eigenvalue weighted by atomic mass is 16.5. The predicted molar refractivity (Wildman–Crippen MR) is 79.0 cm³/mol. The van der Waals surface area contributed by atoms with Crippen molar-refractivity contribution in [3.05, 3.63) is 60.2 Å². The van der Waals surface area contributed by atoms with Crippen LogP contribution in [-0.2, 0) is 11.2 Å². The van der Waals surface area contributed by atoms with Gasteiger partial charge in [-0.3, -0.25) is 0 Å². The lowest BCUT2D eigenvalue weighted by Gasteiger charge is -2.31.